The standard InChI is InChI=1S/C15H21NO3S/c1-12-3-9-15(10-4-12)20(17,18)16-11-13-5-7-14(19-2)8-6-13/h3-4,7,9-10,13,16H,5-6,8,11H2,1-2H3. The van der Waals surface area contributed by atoms with Gasteiger partial charge < -0.3 is 4.74 Å². The number of rotatable bonds is 5. The molecule has 20 heavy (non-hydrogen) atoms. The summed E-state index contributed by atoms with van der Waals surface area (Å²) in [7, 11) is -1.72. The minimum absolute atomic E-state index is 0.326. The van der Waals surface area contributed by atoms with Crippen LogP contribution in [0.1, 0.15) is 24.8 Å². The quantitative estimate of drug-likeness (QED) is 0.908. The molecule has 1 aromatic rings. The van der Waals surface area contributed by atoms with E-state index in [1.165, 1.54) is 0 Å². The first-order valence-electron chi connectivity index (χ1n) is 6.80. The van der Waals surface area contributed by atoms with Gasteiger partial charge in [0.25, 0.3) is 0 Å². The molecule has 0 aliphatic heterocycles. The summed E-state index contributed by atoms with van der Waals surface area (Å²) in [5.74, 6) is 1.34. The molecule has 1 N–H and O–H groups in total. The van der Waals surface area contributed by atoms with Crippen LogP contribution >= 0.6 is 0 Å². The van der Waals surface area contributed by atoms with Crippen LogP contribution in [0.5, 0.6) is 0 Å². The summed E-state index contributed by atoms with van der Waals surface area (Å²) < 4.78 is 32.2. The normalized spacial score (nSPS) is 19.5. The molecule has 0 fully saturated rings. The van der Waals surface area contributed by atoms with Crippen molar-refractivity contribution in [2.75, 3.05) is 13.7 Å². The second kappa shape index (κ2) is 6.41. The van der Waals surface area contributed by atoms with Crippen molar-refractivity contribution < 1.29 is 13.2 Å². The van der Waals surface area contributed by atoms with Gasteiger partial charge in [0, 0.05) is 13.0 Å². The van der Waals surface area contributed by atoms with E-state index < -0.39 is 10.0 Å². The lowest BCUT2D eigenvalue weighted by molar-refractivity contribution is 0.253. The number of methoxy groups -OCH3 is 1. The van der Waals surface area contributed by atoms with Crippen molar-refractivity contribution in [1.29, 1.82) is 0 Å². The molecule has 0 spiro atoms. The fourth-order valence-corrected chi connectivity index (χ4v) is 3.38. The number of nitrogens with one attached hydrogen (secondary N) is 1. The molecule has 0 saturated heterocycles. The molecule has 0 amide bonds. The van der Waals surface area contributed by atoms with Crippen LogP contribution in [0.25, 0.3) is 0 Å². The average molecular weight is 295 g/mol. The van der Waals surface area contributed by atoms with Gasteiger partial charge in [0.05, 0.1) is 17.8 Å². The van der Waals surface area contributed by atoms with Crippen molar-refractivity contribution in [3.63, 3.8) is 0 Å². The molecule has 0 radical (unpaired) electrons. The van der Waals surface area contributed by atoms with Gasteiger partial charge in [-0.15, -0.1) is 0 Å². The Morgan fingerprint density at radius 3 is 2.55 bits per heavy atom. The maximum Gasteiger partial charge on any atom is 0.240 e. The highest BCUT2D eigenvalue weighted by Crippen LogP contribution is 2.23. The van der Waals surface area contributed by atoms with Crippen molar-refractivity contribution in [2.45, 2.75) is 31.1 Å². The fourth-order valence-electron chi connectivity index (χ4n) is 2.26. The van der Waals surface area contributed by atoms with E-state index >= 15 is 0 Å². The van der Waals surface area contributed by atoms with E-state index in [4.69, 9.17) is 4.74 Å². The zero-order chi connectivity index (χ0) is 14.6. The maximum absolute atomic E-state index is 12.2. The summed E-state index contributed by atoms with van der Waals surface area (Å²) >= 11 is 0. The highest BCUT2D eigenvalue weighted by atomic mass is 32.2. The number of ether oxygens (including phenoxy) is 1. The van der Waals surface area contributed by atoms with Crippen molar-refractivity contribution in [2.24, 2.45) is 5.92 Å². The monoisotopic (exact) mass is 295 g/mol. The third kappa shape index (κ3) is 3.84. The van der Waals surface area contributed by atoms with Gasteiger partial charge in [0.15, 0.2) is 0 Å². The van der Waals surface area contributed by atoms with Crippen LogP contribution in [0.2, 0.25) is 0 Å². The van der Waals surface area contributed by atoms with Gasteiger partial charge in [-0.2, -0.15) is 0 Å². The van der Waals surface area contributed by atoms with Gasteiger partial charge in [-0.1, -0.05) is 17.7 Å². The fraction of sp³-hybridized carbons (Fsp3) is 0.467. The second-order valence-corrected chi connectivity index (χ2v) is 6.95. The molecule has 4 nitrogen and oxygen atoms in total. The average Bonchev–Trinajstić information content (AvgIpc) is 2.46. The number of aryl methyl sites for hydroxylation is 1. The number of benzene rings is 1. The minimum atomic E-state index is -3.40. The Bertz CT molecular complexity index is 576. The molecule has 110 valence electrons. The molecule has 1 aliphatic rings. The first-order chi connectivity index (χ1) is 9.51. The third-order valence-electron chi connectivity index (χ3n) is 3.63. The van der Waals surface area contributed by atoms with Gasteiger partial charge in [0.2, 0.25) is 10.0 Å². The highest BCUT2D eigenvalue weighted by molar-refractivity contribution is 7.89. The predicted octanol–water partition coefficient (Wildman–Crippen LogP) is 2.60. The van der Waals surface area contributed by atoms with E-state index in [2.05, 4.69) is 4.72 Å². The molecule has 2 rings (SSSR count). The van der Waals surface area contributed by atoms with Crippen LogP contribution in [0.4, 0.5) is 0 Å². The Hall–Kier alpha value is -1.33. The first-order valence-corrected chi connectivity index (χ1v) is 8.29. The lowest BCUT2D eigenvalue weighted by Crippen LogP contribution is -2.30. The molecule has 1 aliphatic carbocycles. The van der Waals surface area contributed by atoms with E-state index in [0.717, 1.165) is 30.6 Å². The summed E-state index contributed by atoms with van der Waals surface area (Å²) in [4.78, 5) is 0.326. The lowest BCUT2D eigenvalue weighted by atomic mass is 9.94. The van der Waals surface area contributed by atoms with Crippen LogP contribution in [0.15, 0.2) is 41.0 Å². The van der Waals surface area contributed by atoms with Crippen LogP contribution in [0.3, 0.4) is 0 Å². The van der Waals surface area contributed by atoms with Crippen LogP contribution in [-0.4, -0.2) is 22.1 Å². The van der Waals surface area contributed by atoms with Crippen molar-refractivity contribution >= 4 is 10.0 Å². The number of sulfonamides is 1. The van der Waals surface area contributed by atoms with E-state index in [1.54, 1.807) is 19.2 Å². The summed E-state index contributed by atoms with van der Waals surface area (Å²) in [6, 6.07) is 6.90. The Balaban J connectivity index is 1.93. The Labute approximate surface area is 120 Å². The van der Waals surface area contributed by atoms with Gasteiger partial charge in [-0.05, 0) is 43.9 Å². The largest absolute Gasteiger partial charge is 0.501 e. The molecule has 0 aromatic heterocycles. The summed E-state index contributed by atoms with van der Waals surface area (Å²) in [6.07, 6.45) is 4.75. The Morgan fingerprint density at radius 1 is 1.30 bits per heavy atom. The molecule has 1 unspecified atom stereocenters. The van der Waals surface area contributed by atoms with Crippen molar-refractivity contribution in [1.82, 2.24) is 4.72 Å². The van der Waals surface area contributed by atoms with E-state index in [-0.39, 0.29) is 0 Å². The van der Waals surface area contributed by atoms with E-state index in [1.807, 2.05) is 25.1 Å². The summed E-state index contributed by atoms with van der Waals surface area (Å²) in [6.45, 7) is 2.41. The minimum Gasteiger partial charge on any atom is -0.501 e. The molecular formula is C15H21NO3S. The Kier molecular flexibility index (Phi) is 4.83. The van der Waals surface area contributed by atoms with Gasteiger partial charge in [-0.3, -0.25) is 0 Å². The smallest absolute Gasteiger partial charge is 0.240 e. The molecule has 0 bridgehead atoms. The first kappa shape index (κ1) is 15.1. The van der Waals surface area contributed by atoms with Crippen molar-refractivity contribution in [3.8, 4) is 0 Å². The highest BCUT2D eigenvalue weighted by Gasteiger charge is 2.19. The van der Waals surface area contributed by atoms with Gasteiger partial charge in [0.1, 0.15) is 0 Å². The molecular weight excluding hydrogens is 274 g/mol. The maximum atomic E-state index is 12.2. The molecule has 0 heterocycles. The predicted molar refractivity (Wildman–Crippen MR) is 78.8 cm³/mol. The van der Waals surface area contributed by atoms with Crippen molar-refractivity contribution in [3.05, 3.63) is 41.7 Å². The van der Waals surface area contributed by atoms with Crippen LogP contribution in [-0.2, 0) is 14.8 Å². The number of allylic oxidation sites excluding steroid dienone is 2. The van der Waals surface area contributed by atoms with E-state index in [9.17, 15) is 8.42 Å². The SMILES string of the molecule is COC1=CCC(CNS(=O)(=O)c2ccc(C)cc2)CC1. The summed E-state index contributed by atoms with van der Waals surface area (Å²) in [5, 5.41) is 0. The topological polar surface area (TPSA) is 55.4 Å². The Morgan fingerprint density at radius 2 is 2.00 bits per heavy atom. The third-order valence-corrected chi connectivity index (χ3v) is 5.07. The van der Waals surface area contributed by atoms with Crippen LogP contribution < -0.4 is 4.72 Å². The van der Waals surface area contributed by atoms with Gasteiger partial charge in [-0.25, -0.2) is 13.1 Å². The summed E-state index contributed by atoms with van der Waals surface area (Å²) in [5.41, 5.74) is 1.05. The van der Waals surface area contributed by atoms with E-state index in [0.29, 0.717) is 17.4 Å². The molecule has 1 aromatic carbocycles. The molecule has 1 atom stereocenters. The van der Waals surface area contributed by atoms with Gasteiger partial charge >= 0.3 is 0 Å². The second-order valence-electron chi connectivity index (χ2n) is 5.18. The zero-order valence-electron chi connectivity index (χ0n) is 11.9. The molecule has 0 saturated carbocycles. The molecule has 5 heteroatoms. The number of hydrogen-bond donors (Lipinski definition) is 1. The van der Waals surface area contributed by atoms with Crippen LogP contribution in [0, 0.1) is 12.8 Å². The number of hydrogen-bond acceptors (Lipinski definition) is 3. The lowest BCUT2D eigenvalue weighted by Gasteiger charge is -2.21. The zero-order valence-corrected chi connectivity index (χ0v) is 12.7.